The predicted molar refractivity (Wildman–Crippen MR) is 64.7 cm³/mol. The summed E-state index contributed by atoms with van der Waals surface area (Å²) in [6, 6.07) is 8.87. The lowest BCUT2D eigenvalue weighted by Crippen LogP contribution is -2.03. The van der Waals surface area contributed by atoms with Gasteiger partial charge in [0.15, 0.2) is 11.6 Å². The largest absolute Gasteiger partial charge is 0.392 e. The van der Waals surface area contributed by atoms with Crippen LogP contribution in [0.3, 0.4) is 0 Å². The zero-order valence-electron chi connectivity index (χ0n) is 9.42. The number of hydrogen-bond donors (Lipinski definition) is 1. The Kier molecular flexibility index (Phi) is 2.53. The van der Waals surface area contributed by atoms with Crippen molar-refractivity contribution in [2.45, 2.75) is 6.61 Å². The number of pyridine rings is 1. The molecule has 0 aliphatic heterocycles. The molecule has 0 bridgehead atoms. The Labute approximate surface area is 102 Å². The van der Waals surface area contributed by atoms with Crippen molar-refractivity contribution in [1.82, 2.24) is 14.5 Å². The maximum absolute atomic E-state index is 14.1. The van der Waals surface area contributed by atoms with E-state index >= 15 is 0 Å². The Morgan fingerprint density at radius 3 is 2.83 bits per heavy atom. The second kappa shape index (κ2) is 4.19. The van der Waals surface area contributed by atoms with Gasteiger partial charge in [0.2, 0.25) is 0 Å². The van der Waals surface area contributed by atoms with Crippen LogP contribution in [0.5, 0.6) is 0 Å². The standard InChI is InChI=1S/C13H10FN3O/c14-12-9(7-18)5-6-15-13(12)17-8-16-10-3-1-2-4-11(10)17/h1-6,8,18H,7H2. The van der Waals surface area contributed by atoms with Gasteiger partial charge < -0.3 is 5.11 Å². The van der Waals surface area contributed by atoms with E-state index in [1.165, 1.54) is 18.6 Å². The fourth-order valence-electron chi connectivity index (χ4n) is 1.89. The van der Waals surface area contributed by atoms with E-state index in [4.69, 9.17) is 5.11 Å². The molecule has 2 heterocycles. The first-order chi connectivity index (χ1) is 8.81. The van der Waals surface area contributed by atoms with E-state index < -0.39 is 5.82 Å². The van der Waals surface area contributed by atoms with Gasteiger partial charge in [-0.3, -0.25) is 4.57 Å². The Balaban J connectivity index is 2.26. The molecule has 0 aliphatic carbocycles. The summed E-state index contributed by atoms with van der Waals surface area (Å²) in [4.78, 5) is 8.20. The highest BCUT2D eigenvalue weighted by atomic mass is 19.1. The number of benzene rings is 1. The van der Waals surface area contributed by atoms with Crippen molar-refractivity contribution in [3.05, 3.63) is 54.2 Å². The second-order valence-electron chi connectivity index (χ2n) is 3.87. The van der Waals surface area contributed by atoms with Crippen LogP contribution in [0.2, 0.25) is 0 Å². The average Bonchev–Trinajstić information content (AvgIpc) is 2.83. The van der Waals surface area contributed by atoms with Crippen molar-refractivity contribution in [2.75, 3.05) is 0 Å². The second-order valence-corrected chi connectivity index (χ2v) is 3.87. The first kappa shape index (κ1) is 10.9. The van der Waals surface area contributed by atoms with Crippen molar-refractivity contribution in [1.29, 1.82) is 0 Å². The SMILES string of the molecule is OCc1ccnc(-n2cnc3ccccc32)c1F. The van der Waals surface area contributed by atoms with Crippen molar-refractivity contribution >= 4 is 11.0 Å². The topological polar surface area (TPSA) is 50.9 Å². The Bertz CT molecular complexity index is 708. The summed E-state index contributed by atoms with van der Waals surface area (Å²) in [5.74, 6) is -0.376. The smallest absolute Gasteiger partial charge is 0.175 e. The Morgan fingerprint density at radius 2 is 2.00 bits per heavy atom. The molecule has 0 radical (unpaired) electrons. The lowest BCUT2D eigenvalue weighted by Gasteiger charge is -2.07. The molecule has 90 valence electrons. The lowest BCUT2D eigenvalue weighted by atomic mass is 10.2. The van der Waals surface area contributed by atoms with Gasteiger partial charge in [0, 0.05) is 11.8 Å². The van der Waals surface area contributed by atoms with Crippen molar-refractivity contribution < 1.29 is 9.50 Å². The van der Waals surface area contributed by atoms with Crippen LogP contribution < -0.4 is 0 Å². The number of aliphatic hydroxyl groups is 1. The summed E-state index contributed by atoms with van der Waals surface area (Å²) < 4.78 is 15.7. The van der Waals surface area contributed by atoms with Crippen LogP contribution in [0, 0.1) is 5.82 Å². The highest BCUT2D eigenvalue weighted by Crippen LogP contribution is 2.20. The molecule has 1 aromatic carbocycles. The van der Waals surface area contributed by atoms with E-state index in [2.05, 4.69) is 9.97 Å². The monoisotopic (exact) mass is 243 g/mol. The maximum atomic E-state index is 14.1. The number of aliphatic hydroxyl groups excluding tert-OH is 1. The third kappa shape index (κ3) is 1.56. The molecule has 1 N–H and O–H groups in total. The Morgan fingerprint density at radius 1 is 1.17 bits per heavy atom. The number of hydrogen-bond acceptors (Lipinski definition) is 3. The highest BCUT2D eigenvalue weighted by molar-refractivity contribution is 5.76. The highest BCUT2D eigenvalue weighted by Gasteiger charge is 2.12. The number of nitrogens with zero attached hydrogens (tertiary/aromatic N) is 3. The molecule has 0 fully saturated rings. The number of para-hydroxylation sites is 2. The third-order valence-electron chi connectivity index (χ3n) is 2.80. The minimum atomic E-state index is -0.525. The molecule has 3 rings (SSSR count). The molecular formula is C13H10FN3O. The van der Waals surface area contributed by atoms with Crippen LogP contribution in [-0.2, 0) is 6.61 Å². The minimum Gasteiger partial charge on any atom is -0.392 e. The van der Waals surface area contributed by atoms with Gasteiger partial charge in [-0.1, -0.05) is 12.1 Å². The van der Waals surface area contributed by atoms with Gasteiger partial charge in [0.05, 0.1) is 17.6 Å². The van der Waals surface area contributed by atoms with Gasteiger partial charge >= 0.3 is 0 Å². The molecule has 0 atom stereocenters. The van der Waals surface area contributed by atoms with Crippen molar-refractivity contribution in [3.8, 4) is 5.82 Å². The molecule has 0 unspecified atom stereocenters. The van der Waals surface area contributed by atoms with E-state index in [0.717, 1.165) is 11.0 Å². The summed E-state index contributed by atoms with van der Waals surface area (Å²) in [5, 5.41) is 9.06. The molecule has 2 aromatic heterocycles. The summed E-state index contributed by atoms with van der Waals surface area (Å²) in [6.07, 6.45) is 3.00. The van der Waals surface area contributed by atoms with Gasteiger partial charge in [-0.05, 0) is 18.2 Å². The molecular weight excluding hydrogens is 233 g/mol. The number of imidazole rings is 1. The fourth-order valence-corrected chi connectivity index (χ4v) is 1.89. The van der Waals surface area contributed by atoms with E-state index in [-0.39, 0.29) is 18.0 Å². The van der Waals surface area contributed by atoms with Crippen LogP contribution >= 0.6 is 0 Å². The predicted octanol–water partition coefficient (Wildman–Crippen LogP) is 2.05. The lowest BCUT2D eigenvalue weighted by molar-refractivity contribution is 0.275. The first-order valence-corrected chi connectivity index (χ1v) is 5.48. The van der Waals surface area contributed by atoms with Crippen LogP contribution in [0.4, 0.5) is 4.39 Å². The van der Waals surface area contributed by atoms with Gasteiger partial charge in [0.1, 0.15) is 6.33 Å². The van der Waals surface area contributed by atoms with Gasteiger partial charge in [-0.15, -0.1) is 0 Å². The van der Waals surface area contributed by atoms with Crippen LogP contribution in [0.1, 0.15) is 5.56 Å². The molecule has 0 saturated heterocycles. The van der Waals surface area contributed by atoms with Crippen LogP contribution in [0.15, 0.2) is 42.9 Å². The quantitative estimate of drug-likeness (QED) is 0.749. The molecule has 3 aromatic rings. The van der Waals surface area contributed by atoms with Crippen molar-refractivity contribution in [2.24, 2.45) is 0 Å². The zero-order chi connectivity index (χ0) is 12.5. The summed E-state index contributed by atoms with van der Waals surface area (Å²) in [6.45, 7) is -0.353. The average molecular weight is 243 g/mol. The fraction of sp³-hybridized carbons (Fsp3) is 0.0769. The van der Waals surface area contributed by atoms with Gasteiger partial charge in [-0.2, -0.15) is 0 Å². The molecule has 0 aliphatic rings. The number of rotatable bonds is 2. The molecule has 4 nitrogen and oxygen atoms in total. The first-order valence-electron chi connectivity index (χ1n) is 5.48. The minimum absolute atomic E-state index is 0.148. The number of halogens is 1. The zero-order valence-corrected chi connectivity index (χ0v) is 9.42. The molecule has 0 spiro atoms. The van der Waals surface area contributed by atoms with Crippen LogP contribution in [0.25, 0.3) is 16.9 Å². The van der Waals surface area contributed by atoms with Gasteiger partial charge in [-0.25, -0.2) is 14.4 Å². The van der Waals surface area contributed by atoms with Crippen LogP contribution in [-0.4, -0.2) is 19.6 Å². The van der Waals surface area contributed by atoms with E-state index in [1.54, 1.807) is 4.57 Å². The summed E-state index contributed by atoms with van der Waals surface area (Å²) in [7, 11) is 0. The Hall–Kier alpha value is -2.27. The van der Waals surface area contributed by atoms with Gasteiger partial charge in [0.25, 0.3) is 0 Å². The number of fused-ring (bicyclic) bond motifs is 1. The maximum Gasteiger partial charge on any atom is 0.175 e. The number of aromatic nitrogens is 3. The summed E-state index contributed by atoms with van der Waals surface area (Å²) >= 11 is 0. The molecule has 0 amide bonds. The van der Waals surface area contributed by atoms with E-state index in [9.17, 15) is 4.39 Å². The normalized spacial score (nSPS) is 11.0. The van der Waals surface area contributed by atoms with E-state index in [0.29, 0.717) is 0 Å². The summed E-state index contributed by atoms with van der Waals surface area (Å²) in [5.41, 5.74) is 1.77. The molecule has 0 saturated carbocycles. The third-order valence-corrected chi connectivity index (χ3v) is 2.80. The molecule has 18 heavy (non-hydrogen) atoms. The van der Waals surface area contributed by atoms with Crippen molar-refractivity contribution in [3.63, 3.8) is 0 Å². The van der Waals surface area contributed by atoms with E-state index in [1.807, 2.05) is 24.3 Å². The molecule has 5 heteroatoms.